The van der Waals surface area contributed by atoms with Crippen LogP contribution in [0.1, 0.15) is 35.8 Å². The van der Waals surface area contributed by atoms with Crippen molar-refractivity contribution < 1.29 is 4.79 Å². The van der Waals surface area contributed by atoms with E-state index in [-0.39, 0.29) is 11.7 Å². The Balaban J connectivity index is 1.42. The van der Waals surface area contributed by atoms with Crippen molar-refractivity contribution in [3.8, 4) is 16.8 Å². The number of hydrogen-bond donors (Lipinski definition) is 1. The molecule has 4 rings (SSSR count). The van der Waals surface area contributed by atoms with E-state index in [9.17, 15) is 4.79 Å². The molecule has 1 aliphatic rings. The zero-order valence-electron chi connectivity index (χ0n) is 16.3. The third-order valence-electron chi connectivity index (χ3n) is 5.19. The fraction of sp³-hybridized carbons (Fsp3) is 0.400. The number of carbonyl (C=O) groups is 1. The molecule has 1 aliphatic carbocycles. The molecular weight excluding hydrogens is 422 g/mol. The lowest BCUT2D eigenvalue weighted by Crippen LogP contribution is -2.14. The number of thiophene rings is 2. The van der Waals surface area contributed by atoms with Gasteiger partial charge in [-0.25, -0.2) is 0 Å². The van der Waals surface area contributed by atoms with Crippen molar-refractivity contribution in [3.05, 3.63) is 33.5 Å². The molecule has 0 unspecified atom stereocenters. The first-order valence-corrected chi connectivity index (χ1v) is 12.2. The molecule has 150 valence electrons. The van der Waals surface area contributed by atoms with Crippen LogP contribution in [-0.4, -0.2) is 26.4 Å². The lowest BCUT2D eigenvalue weighted by molar-refractivity contribution is -0.113. The van der Waals surface area contributed by atoms with Gasteiger partial charge >= 0.3 is 0 Å². The van der Waals surface area contributed by atoms with E-state index in [0.29, 0.717) is 15.7 Å². The number of fused-ring (bicyclic) bond motifs is 1. The number of nitrogens with zero attached hydrogens (tertiary/aromatic N) is 4. The van der Waals surface area contributed by atoms with Crippen LogP contribution in [0.25, 0.3) is 10.7 Å². The van der Waals surface area contributed by atoms with Crippen molar-refractivity contribution in [2.45, 2.75) is 37.8 Å². The van der Waals surface area contributed by atoms with Crippen molar-refractivity contribution >= 4 is 45.3 Å². The van der Waals surface area contributed by atoms with E-state index >= 15 is 0 Å². The van der Waals surface area contributed by atoms with Gasteiger partial charge in [0.15, 0.2) is 11.0 Å². The number of rotatable bonds is 6. The minimum atomic E-state index is -0.157. The second-order valence-corrected chi connectivity index (χ2v) is 10.0. The number of aryl methyl sites for hydroxylation is 1. The number of anilines is 1. The molecule has 0 bridgehead atoms. The SMILES string of the molecule is CC[C@@H]1CCc2sc(-c3nnc(SCC(=O)Nc4sccc4C#N)n3C)cc2C1. The maximum atomic E-state index is 12.2. The first kappa shape index (κ1) is 20.1. The van der Waals surface area contributed by atoms with Gasteiger partial charge in [0, 0.05) is 11.9 Å². The van der Waals surface area contributed by atoms with E-state index < -0.39 is 0 Å². The van der Waals surface area contributed by atoms with Crippen LogP contribution >= 0.6 is 34.4 Å². The standard InChI is InChI=1S/C20H21N5OS3/c1-3-12-4-5-15-14(8-12)9-16(29-15)18-23-24-20(25(18)2)28-11-17(26)22-19-13(10-21)6-7-27-19/h6-7,9,12H,3-5,8,11H2,1-2H3,(H,22,26)/t12-/m1/s1. The molecular formula is C20H21N5OS3. The van der Waals surface area contributed by atoms with Crippen molar-refractivity contribution in [1.82, 2.24) is 14.8 Å². The van der Waals surface area contributed by atoms with Crippen LogP contribution in [0.3, 0.4) is 0 Å². The Morgan fingerprint density at radius 3 is 3.14 bits per heavy atom. The van der Waals surface area contributed by atoms with E-state index in [2.05, 4.69) is 34.6 Å². The molecule has 1 amide bonds. The molecule has 0 saturated carbocycles. The Bertz CT molecular complexity index is 1070. The van der Waals surface area contributed by atoms with E-state index in [1.54, 1.807) is 11.4 Å². The molecule has 29 heavy (non-hydrogen) atoms. The minimum Gasteiger partial charge on any atom is -0.316 e. The fourth-order valence-electron chi connectivity index (χ4n) is 3.50. The van der Waals surface area contributed by atoms with Crippen molar-refractivity contribution in [2.75, 3.05) is 11.1 Å². The highest BCUT2D eigenvalue weighted by Crippen LogP contribution is 2.38. The molecule has 0 aromatic carbocycles. The quantitative estimate of drug-likeness (QED) is 0.557. The summed E-state index contributed by atoms with van der Waals surface area (Å²) in [6.07, 6.45) is 4.83. The molecule has 3 aromatic heterocycles. The summed E-state index contributed by atoms with van der Waals surface area (Å²) in [5.74, 6) is 1.70. The lowest BCUT2D eigenvalue weighted by Gasteiger charge is -2.19. The Labute approximate surface area is 182 Å². The summed E-state index contributed by atoms with van der Waals surface area (Å²) >= 11 is 4.51. The average molecular weight is 444 g/mol. The summed E-state index contributed by atoms with van der Waals surface area (Å²) in [6.45, 7) is 2.27. The van der Waals surface area contributed by atoms with Crippen molar-refractivity contribution in [3.63, 3.8) is 0 Å². The number of aromatic nitrogens is 3. The number of hydrogen-bond acceptors (Lipinski definition) is 7. The van der Waals surface area contributed by atoms with Crippen LogP contribution in [0.2, 0.25) is 0 Å². The molecule has 0 radical (unpaired) electrons. The van der Waals surface area contributed by atoms with E-state index in [1.165, 1.54) is 46.4 Å². The zero-order chi connectivity index (χ0) is 20.4. The van der Waals surface area contributed by atoms with E-state index in [4.69, 9.17) is 5.26 Å². The van der Waals surface area contributed by atoms with Gasteiger partial charge in [0.2, 0.25) is 5.91 Å². The summed E-state index contributed by atoms with van der Waals surface area (Å²) in [6, 6.07) is 6.05. The molecule has 3 aromatic rings. The maximum Gasteiger partial charge on any atom is 0.235 e. The van der Waals surface area contributed by atoms with Gasteiger partial charge in [-0.3, -0.25) is 4.79 Å². The van der Waals surface area contributed by atoms with Crippen LogP contribution in [0.5, 0.6) is 0 Å². The average Bonchev–Trinajstić information content (AvgIpc) is 3.43. The van der Waals surface area contributed by atoms with Gasteiger partial charge in [-0.05, 0) is 48.3 Å². The largest absolute Gasteiger partial charge is 0.316 e. The zero-order valence-corrected chi connectivity index (χ0v) is 18.7. The van der Waals surface area contributed by atoms with Crippen LogP contribution in [0.4, 0.5) is 5.00 Å². The lowest BCUT2D eigenvalue weighted by atomic mass is 9.87. The van der Waals surface area contributed by atoms with Crippen LogP contribution in [0, 0.1) is 17.2 Å². The number of amides is 1. The predicted octanol–water partition coefficient (Wildman–Crippen LogP) is 4.72. The Kier molecular flexibility index (Phi) is 6.04. The van der Waals surface area contributed by atoms with Gasteiger partial charge in [-0.1, -0.05) is 25.1 Å². The predicted molar refractivity (Wildman–Crippen MR) is 119 cm³/mol. The van der Waals surface area contributed by atoms with Crippen LogP contribution in [0.15, 0.2) is 22.7 Å². The Morgan fingerprint density at radius 1 is 1.48 bits per heavy atom. The first-order valence-electron chi connectivity index (χ1n) is 9.50. The summed E-state index contributed by atoms with van der Waals surface area (Å²) < 4.78 is 1.96. The number of carbonyl (C=O) groups excluding carboxylic acids is 1. The maximum absolute atomic E-state index is 12.2. The van der Waals surface area contributed by atoms with Crippen LogP contribution < -0.4 is 5.32 Å². The number of nitrogens with one attached hydrogen (secondary N) is 1. The highest BCUT2D eigenvalue weighted by molar-refractivity contribution is 7.99. The molecule has 6 nitrogen and oxygen atoms in total. The third kappa shape index (κ3) is 4.25. The number of nitriles is 1. The summed E-state index contributed by atoms with van der Waals surface area (Å²) in [5, 5.41) is 23.6. The Morgan fingerprint density at radius 2 is 2.34 bits per heavy atom. The van der Waals surface area contributed by atoms with Crippen molar-refractivity contribution in [1.29, 1.82) is 5.26 Å². The van der Waals surface area contributed by atoms with Gasteiger partial charge in [0.25, 0.3) is 0 Å². The fourth-order valence-corrected chi connectivity index (χ4v) is 6.19. The molecule has 1 N–H and O–H groups in total. The van der Waals surface area contributed by atoms with Gasteiger partial charge in [0.1, 0.15) is 11.1 Å². The number of thioether (sulfide) groups is 1. The van der Waals surface area contributed by atoms with Gasteiger partial charge < -0.3 is 9.88 Å². The molecule has 3 heterocycles. The molecule has 0 aliphatic heterocycles. The first-order chi connectivity index (χ1) is 14.1. The minimum absolute atomic E-state index is 0.157. The molecule has 9 heteroatoms. The topological polar surface area (TPSA) is 83.6 Å². The molecule has 0 fully saturated rings. The van der Waals surface area contributed by atoms with Gasteiger partial charge in [0.05, 0.1) is 16.2 Å². The summed E-state index contributed by atoms with van der Waals surface area (Å²) in [7, 11) is 1.94. The van der Waals surface area contributed by atoms with E-state index in [1.807, 2.05) is 23.0 Å². The second-order valence-electron chi connectivity index (χ2n) is 7.05. The highest BCUT2D eigenvalue weighted by atomic mass is 32.2. The second kappa shape index (κ2) is 8.69. The van der Waals surface area contributed by atoms with Gasteiger partial charge in [-0.15, -0.1) is 32.9 Å². The highest BCUT2D eigenvalue weighted by Gasteiger charge is 2.22. The van der Waals surface area contributed by atoms with E-state index in [0.717, 1.165) is 29.5 Å². The Hall–Kier alpha value is -2.15. The summed E-state index contributed by atoms with van der Waals surface area (Å²) in [4.78, 5) is 14.9. The third-order valence-corrected chi connectivity index (χ3v) is 8.27. The monoisotopic (exact) mass is 443 g/mol. The van der Waals surface area contributed by atoms with Gasteiger partial charge in [-0.2, -0.15) is 5.26 Å². The normalized spacial score (nSPS) is 15.7. The van der Waals surface area contributed by atoms with Crippen LogP contribution in [-0.2, 0) is 24.7 Å². The molecule has 1 atom stereocenters. The van der Waals surface area contributed by atoms with Crippen molar-refractivity contribution in [2.24, 2.45) is 13.0 Å². The smallest absolute Gasteiger partial charge is 0.235 e. The molecule has 0 saturated heterocycles. The molecule has 0 spiro atoms. The summed E-state index contributed by atoms with van der Waals surface area (Å²) in [5.41, 5.74) is 1.95.